The molecule has 116 valence electrons. The van der Waals surface area contributed by atoms with E-state index in [1.165, 1.54) is 4.31 Å². The Balaban J connectivity index is 2.01. The first-order valence-electron chi connectivity index (χ1n) is 7.21. The molecule has 21 heavy (non-hydrogen) atoms. The molecular formula is C14H20N2O3S2. The summed E-state index contributed by atoms with van der Waals surface area (Å²) < 4.78 is 38.7. The third-order valence-electron chi connectivity index (χ3n) is 4.14. The molecule has 0 aliphatic carbocycles. The van der Waals surface area contributed by atoms with Crippen molar-refractivity contribution in [3.05, 3.63) is 23.3 Å². The lowest BCUT2D eigenvalue weighted by atomic mass is 10.00. The molecule has 0 aromatic heterocycles. The van der Waals surface area contributed by atoms with E-state index in [2.05, 4.69) is 5.32 Å². The van der Waals surface area contributed by atoms with Gasteiger partial charge in [-0.25, -0.2) is 8.42 Å². The highest BCUT2D eigenvalue weighted by atomic mass is 32.2. The van der Waals surface area contributed by atoms with Crippen molar-refractivity contribution in [1.29, 1.82) is 0 Å². The number of sulfonamides is 1. The van der Waals surface area contributed by atoms with E-state index in [-0.39, 0.29) is 0 Å². The van der Waals surface area contributed by atoms with Crippen LogP contribution < -0.4 is 5.32 Å². The molecule has 0 spiro atoms. The summed E-state index contributed by atoms with van der Waals surface area (Å²) in [5, 5.41) is 3.32. The van der Waals surface area contributed by atoms with Gasteiger partial charge in [0.05, 0.1) is 4.90 Å². The first-order valence-corrected chi connectivity index (χ1v) is 10.1. The van der Waals surface area contributed by atoms with Crippen LogP contribution in [0, 0.1) is 6.92 Å². The number of anilines is 1. The van der Waals surface area contributed by atoms with Crippen LogP contribution in [0.25, 0.3) is 0 Å². The Morgan fingerprint density at radius 2 is 1.95 bits per heavy atom. The molecular weight excluding hydrogens is 308 g/mol. The predicted molar refractivity (Wildman–Crippen MR) is 84.6 cm³/mol. The summed E-state index contributed by atoms with van der Waals surface area (Å²) in [7, 11) is -4.36. The largest absolute Gasteiger partial charge is 0.385 e. The summed E-state index contributed by atoms with van der Waals surface area (Å²) in [5.74, 6) is 0.872. The van der Waals surface area contributed by atoms with Gasteiger partial charge < -0.3 is 5.32 Å². The Kier molecular flexibility index (Phi) is 4.07. The summed E-state index contributed by atoms with van der Waals surface area (Å²) in [4.78, 5) is 0.419. The molecule has 5 nitrogen and oxygen atoms in total. The highest BCUT2D eigenvalue weighted by molar-refractivity contribution is 7.89. The lowest BCUT2D eigenvalue weighted by Gasteiger charge is -2.29. The van der Waals surface area contributed by atoms with Crippen LogP contribution in [0.15, 0.2) is 17.0 Å². The van der Waals surface area contributed by atoms with Crippen LogP contribution >= 0.6 is 0 Å². The van der Waals surface area contributed by atoms with Gasteiger partial charge in [0.25, 0.3) is 0 Å². The monoisotopic (exact) mass is 328 g/mol. The maximum Gasteiger partial charge on any atom is 0.243 e. The minimum Gasteiger partial charge on any atom is -0.385 e. The van der Waals surface area contributed by atoms with Gasteiger partial charge in [0, 0.05) is 47.6 Å². The van der Waals surface area contributed by atoms with Crippen molar-refractivity contribution in [1.82, 2.24) is 4.31 Å². The average Bonchev–Trinajstić information content (AvgIpc) is 2.48. The summed E-state index contributed by atoms with van der Waals surface area (Å²) in [6.07, 6.45) is 1.74. The molecule has 0 saturated carbocycles. The molecule has 1 saturated heterocycles. The second kappa shape index (κ2) is 5.70. The topological polar surface area (TPSA) is 66.5 Å². The van der Waals surface area contributed by atoms with Gasteiger partial charge in [0.2, 0.25) is 10.0 Å². The number of aryl methyl sites for hydroxylation is 1. The minimum absolute atomic E-state index is 0.352. The summed E-state index contributed by atoms with van der Waals surface area (Å²) in [6, 6.07) is 3.59. The normalized spacial score (nSPS) is 20.8. The van der Waals surface area contributed by atoms with Gasteiger partial charge in [-0.05, 0) is 37.0 Å². The summed E-state index contributed by atoms with van der Waals surface area (Å²) in [6.45, 7) is 3.59. The zero-order chi connectivity index (χ0) is 15.0. The Morgan fingerprint density at radius 3 is 2.67 bits per heavy atom. The average molecular weight is 328 g/mol. The Hall–Kier alpha value is -0.920. The van der Waals surface area contributed by atoms with E-state index in [1.807, 2.05) is 13.0 Å². The van der Waals surface area contributed by atoms with Gasteiger partial charge in [-0.15, -0.1) is 0 Å². The van der Waals surface area contributed by atoms with Crippen LogP contribution in [0.4, 0.5) is 5.69 Å². The maximum atomic E-state index is 12.9. The molecule has 7 heteroatoms. The van der Waals surface area contributed by atoms with Crippen molar-refractivity contribution in [3.8, 4) is 0 Å². The fraction of sp³-hybridized carbons (Fsp3) is 0.571. The zero-order valence-corrected chi connectivity index (χ0v) is 13.7. The zero-order valence-electron chi connectivity index (χ0n) is 12.1. The maximum absolute atomic E-state index is 12.9. The molecule has 0 radical (unpaired) electrons. The molecule has 0 unspecified atom stereocenters. The van der Waals surface area contributed by atoms with Gasteiger partial charge in [0.1, 0.15) is 0 Å². The lowest BCUT2D eigenvalue weighted by molar-refractivity contribution is 0.438. The molecule has 1 aromatic rings. The van der Waals surface area contributed by atoms with Crippen molar-refractivity contribution in [3.63, 3.8) is 0 Å². The van der Waals surface area contributed by atoms with Gasteiger partial charge in [0.15, 0.2) is 0 Å². The highest BCUT2D eigenvalue weighted by Gasteiger charge is 2.31. The molecule has 3 rings (SSSR count). The molecule has 2 aliphatic heterocycles. The predicted octanol–water partition coefficient (Wildman–Crippen LogP) is 1.11. The number of fused-ring (bicyclic) bond motifs is 1. The van der Waals surface area contributed by atoms with Crippen molar-refractivity contribution < 1.29 is 12.6 Å². The molecule has 1 aromatic carbocycles. The minimum atomic E-state index is -3.48. The van der Waals surface area contributed by atoms with Crippen molar-refractivity contribution in [2.24, 2.45) is 0 Å². The third-order valence-corrected chi connectivity index (χ3v) is 7.40. The number of rotatable bonds is 2. The van der Waals surface area contributed by atoms with Crippen LogP contribution in [0.3, 0.4) is 0 Å². The second-order valence-corrected chi connectivity index (χ2v) is 9.12. The lowest BCUT2D eigenvalue weighted by Crippen LogP contribution is -2.42. The third kappa shape index (κ3) is 2.74. The van der Waals surface area contributed by atoms with Gasteiger partial charge in [-0.3, -0.25) is 4.21 Å². The summed E-state index contributed by atoms with van der Waals surface area (Å²) >= 11 is 0. The first-order chi connectivity index (χ1) is 10.00. The van der Waals surface area contributed by atoms with E-state index in [0.717, 1.165) is 36.2 Å². The fourth-order valence-corrected chi connectivity index (χ4v) is 5.94. The molecule has 1 fully saturated rings. The highest BCUT2D eigenvalue weighted by Crippen LogP contribution is 2.33. The van der Waals surface area contributed by atoms with E-state index < -0.39 is 20.8 Å². The van der Waals surface area contributed by atoms with Crippen molar-refractivity contribution in [2.45, 2.75) is 24.7 Å². The standard InChI is InChI=1S/C14H20N2O3S2/c1-11-4-5-13(12-3-2-6-15-14(11)12)21(18,19)16-7-9-20(17)10-8-16/h4-5,15H,2-3,6-10H2,1H3. The molecule has 2 aliphatic rings. The molecule has 0 amide bonds. The van der Waals surface area contributed by atoms with E-state index in [0.29, 0.717) is 29.5 Å². The number of nitrogens with one attached hydrogen (secondary N) is 1. The van der Waals surface area contributed by atoms with Gasteiger partial charge in [-0.1, -0.05) is 6.07 Å². The van der Waals surface area contributed by atoms with E-state index in [9.17, 15) is 12.6 Å². The van der Waals surface area contributed by atoms with Gasteiger partial charge in [-0.2, -0.15) is 4.31 Å². The smallest absolute Gasteiger partial charge is 0.243 e. The quantitative estimate of drug-likeness (QED) is 0.883. The van der Waals surface area contributed by atoms with Crippen LogP contribution in [0.1, 0.15) is 17.5 Å². The van der Waals surface area contributed by atoms with Gasteiger partial charge >= 0.3 is 0 Å². The number of hydrogen-bond donors (Lipinski definition) is 1. The molecule has 0 atom stereocenters. The van der Waals surface area contributed by atoms with E-state index in [4.69, 9.17) is 0 Å². The molecule has 1 N–H and O–H groups in total. The fourth-order valence-electron chi connectivity index (χ4n) is 2.96. The molecule has 2 heterocycles. The van der Waals surface area contributed by atoms with Crippen LogP contribution in [0.5, 0.6) is 0 Å². The van der Waals surface area contributed by atoms with Crippen molar-refractivity contribution >= 4 is 26.5 Å². The number of nitrogens with zero attached hydrogens (tertiary/aromatic N) is 1. The number of hydrogen-bond acceptors (Lipinski definition) is 4. The SMILES string of the molecule is Cc1ccc(S(=O)(=O)N2CCS(=O)CC2)c2c1NCCC2. The van der Waals surface area contributed by atoms with Crippen LogP contribution in [0.2, 0.25) is 0 Å². The first kappa shape index (κ1) is 15.0. The number of benzene rings is 1. The summed E-state index contributed by atoms with van der Waals surface area (Å²) in [5.41, 5.74) is 2.97. The Morgan fingerprint density at radius 1 is 1.24 bits per heavy atom. The van der Waals surface area contributed by atoms with Crippen molar-refractivity contribution in [2.75, 3.05) is 36.5 Å². The van der Waals surface area contributed by atoms with E-state index >= 15 is 0 Å². The molecule has 0 bridgehead atoms. The Bertz CT molecular complexity index is 676. The second-order valence-electron chi connectivity index (χ2n) is 5.52. The van der Waals surface area contributed by atoms with Crippen LogP contribution in [-0.4, -0.2) is 48.1 Å². The van der Waals surface area contributed by atoms with Crippen LogP contribution in [-0.2, 0) is 27.2 Å². The Labute approximate surface area is 128 Å². The van der Waals surface area contributed by atoms with E-state index in [1.54, 1.807) is 6.07 Å².